The third-order valence-electron chi connectivity index (χ3n) is 2.17. The summed E-state index contributed by atoms with van der Waals surface area (Å²) in [4.78, 5) is 7.98. The Morgan fingerprint density at radius 2 is 1.89 bits per heavy atom. The van der Waals surface area contributed by atoms with E-state index in [9.17, 15) is 0 Å². The quantitative estimate of drug-likeness (QED) is 0.791. The van der Waals surface area contributed by atoms with Gasteiger partial charge in [0.05, 0.1) is 6.61 Å². The summed E-state index contributed by atoms with van der Waals surface area (Å²) >= 11 is 5.78. The van der Waals surface area contributed by atoms with E-state index < -0.39 is 0 Å². The summed E-state index contributed by atoms with van der Waals surface area (Å²) in [6, 6.07) is 9.13. The molecule has 0 aliphatic rings. The van der Waals surface area contributed by atoms with Crippen LogP contribution >= 0.6 is 11.6 Å². The maximum atomic E-state index is 5.78. The molecule has 0 amide bonds. The molecule has 2 rings (SSSR count). The van der Waals surface area contributed by atoms with Crippen LogP contribution in [0.1, 0.15) is 12.6 Å². The zero-order valence-corrected chi connectivity index (χ0v) is 10.9. The molecular formula is C13H13ClN2O2. The number of aryl methyl sites for hydroxylation is 1. The Morgan fingerprint density at radius 3 is 2.56 bits per heavy atom. The maximum Gasteiger partial charge on any atom is 0.225 e. The van der Waals surface area contributed by atoms with Crippen molar-refractivity contribution < 1.29 is 9.47 Å². The lowest BCUT2D eigenvalue weighted by atomic mass is 10.3. The number of hydrogen-bond donors (Lipinski definition) is 0. The summed E-state index contributed by atoms with van der Waals surface area (Å²) < 4.78 is 11.1. The first-order chi connectivity index (χ1) is 8.69. The van der Waals surface area contributed by atoms with E-state index >= 15 is 0 Å². The van der Waals surface area contributed by atoms with E-state index in [-0.39, 0.29) is 5.28 Å². The number of ether oxygens (including phenoxy) is 2. The highest BCUT2D eigenvalue weighted by Gasteiger charge is 2.07. The normalized spacial score (nSPS) is 10.2. The molecule has 0 fully saturated rings. The highest BCUT2D eigenvalue weighted by atomic mass is 35.5. The molecule has 0 N–H and O–H groups in total. The topological polar surface area (TPSA) is 44.2 Å². The van der Waals surface area contributed by atoms with Crippen LogP contribution in [-0.2, 0) is 0 Å². The van der Waals surface area contributed by atoms with Gasteiger partial charge in [-0.1, -0.05) is 12.1 Å². The van der Waals surface area contributed by atoms with Gasteiger partial charge in [-0.2, -0.15) is 4.98 Å². The van der Waals surface area contributed by atoms with Crippen molar-refractivity contribution in [3.63, 3.8) is 0 Å². The van der Waals surface area contributed by atoms with E-state index in [0.717, 1.165) is 5.69 Å². The van der Waals surface area contributed by atoms with E-state index in [1.807, 2.05) is 38.1 Å². The third kappa shape index (κ3) is 3.11. The number of hydrogen-bond acceptors (Lipinski definition) is 4. The second-order valence-electron chi connectivity index (χ2n) is 3.60. The van der Waals surface area contributed by atoms with Gasteiger partial charge < -0.3 is 9.47 Å². The van der Waals surface area contributed by atoms with E-state index in [1.165, 1.54) is 0 Å². The number of para-hydroxylation sites is 2. The molecule has 0 unspecified atom stereocenters. The first-order valence-corrected chi connectivity index (χ1v) is 5.97. The van der Waals surface area contributed by atoms with Gasteiger partial charge in [0.15, 0.2) is 11.5 Å². The molecule has 0 spiro atoms. The van der Waals surface area contributed by atoms with E-state index in [2.05, 4.69) is 9.97 Å². The lowest BCUT2D eigenvalue weighted by Crippen LogP contribution is -1.97. The van der Waals surface area contributed by atoms with Gasteiger partial charge in [0.25, 0.3) is 0 Å². The van der Waals surface area contributed by atoms with Crippen molar-refractivity contribution in [3.8, 4) is 17.4 Å². The van der Waals surface area contributed by atoms with E-state index in [0.29, 0.717) is 24.0 Å². The SMILES string of the molecule is CCOc1ccccc1Oc1cc(C)nc(Cl)n1. The van der Waals surface area contributed by atoms with Crippen molar-refractivity contribution >= 4 is 11.6 Å². The largest absolute Gasteiger partial charge is 0.490 e. The molecule has 0 atom stereocenters. The van der Waals surface area contributed by atoms with E-state index in [1.54, 1.807) is 6.07 Å². The Labute approximate surface area is 111 Å². The molecule has 1 aromatic carbocycles. The van der Waals surface area contributed by atoms with Crippen molar-refractivity contribution in [1.29, 1.82) is 0 Å². The lowest BCUT2D eigenvalue weighted by molar-refractivity contribution is 0.319. The maximum absolute atomic E-state index is 5.78. The summed E-state index contributed by atoms with van der Waals surface area (Å²) in [6.45, 7) is 4.32. The predicted molar refractivity (Wildman–Crippen MR) is 69.5 cm³/mol. The molecule has 1 heterocycles. The van der Waals surface area contributed by atoms with Gasteiger partial charge in [-0.15, -0.1) is 0 Å². The molecular weight excluding hydrogens is 252 g/mol. The van der Waals surface area contributed by atoms with Crippen molar-refractivity contribution in [1.82, 2.24) is 9.97 Å². The van der Waals surface area contributed by atoms with Crippen LogP contribution in [0.4, 0.5) is 0 Å². The first-order valence-electron chi connectivity index (χ1n) is 5.60. The number of benzene rings is 1. The smallest absolute Gasteiger partial charge is 0.225 e. The number of rotatable bonds is 4. The molecule has 94 valence electrons. The van der Waals surface area contributed by atoms with Crippen LogP contribution < -0.4 is 9.47 Å². The zero-order chi connectivity index (χ0) is 13.0. The fraction of sp³-hybridized carbons (Fsp3) is 0.231. The Kier molecular flexibility index (Phi) is 3.99. The summed E-state index contributed by atoms with van der Waals surface area (Å²) in [5, 5.41) is 0.166. The number of aromatic nitrogens is 2. The fourth-order valence-electron chi connectivity index (χ4n) is 1.48. The second kappa shape index (κ2) is 5.69. The average Bonchev–Trinajstić information content (AvgIpc) is 2.30. The van der Waals surface area contributed by atoms with Crippen molar-refractivity contribution in [2.75, 3.05) is 6.61 Å². The summed E-state index contributed by atoms with van der Waals surface area (Å²) in [5.41, 5.74) is 0.749. The van der Waals surface area contributed by atoms with Crippen LogP contribution in [0.5, 0.6) is 17.4 Å². The van der Waals surface area contributed by atoms with Crippen molar-refractivity contribution in [2.24, 2.45) is 0 Å². The number of halogens is 1. The highest BCUT2D eigenvalue weighted by molar-refractivity contribution is 6.28. The molecule has 0 saturated heterocycles. The third-order valence-corrected chi connectivity index (χ3v) is 2.34. The van der Waals surface area contributed by atoms with Crippen LogP contribution in [0.15, 0.2) is 30.3 Å². The molecule has 0 bridgehead atoms. The minimum atomic E-state index is 0.166. The van der Waals surface area contributed by atoms with Crippen molar-refractivity contribution in [3.05, 3.63) is 41.3 Å². The molecule has 4 nitrogen and oxygen atoms in total. The first kappa shape index (κ1) is 12.6. The Balaban J connectivity index is 2.27. The molecule has 0 aliphatic carbocycles. The Morgan fingerprint density at radius 1 is 1.17 bits per heavy atom. The Bertz CT molecular complexity index is 526. The van der Waals surface area contributed by atoms with Gasteiger partial charge in [-0.25, -0.2) is 4.98 Å². The van der Waals surface area contributed by atoms with E-state index in [4.69, 9.17) is 21.1 Å². The summed E-state index contributed by atoms with van der Waals surface area (Å²) in [5.74, 6) is 1.68. The molecule has 1 aromatic heterocycles. The van der Waals surface area contributed by atoms with Gasteiger partial charge in [0, 0.05) is 11.8 Å². The minimum Gasteiger partial charge on any atom is -0.490 e. The summed E-state index contributed by atoms with van der Waals surface area (Å²) in [7, 11) is 0. The standard InChI is InChI=1S/C13H13ClN2O2/c1-3-17-10-6-4-5-7-11(10)18-12-8-9(2)15-13(14)16-12/h4-8H,3H2,1-2H3. The van der Waals surface area contributed by atoms with Gasteiger partial charge in [0.2, 0.25) is 11.2 Å². The van der Waals surface area contributed by atoms with Crippen LogP contribution in [-0.4, -0.2) is 16.6 Å². The zero-order valence-electron chi connectivity index (χ0n) is 10.2. The van der Waals surface area contributed by atoms with Gasteiger partial charge in [-0.05, 0) is 37.6 Å². The van der Waals surface area contributed by atoms with Gasteiger partial charge in [-0.3, -0.25) is 0 Å². The monoisotopic (exact) mass is 264 g/mol. The van der Waals surface area contributed by atoms with Gasteiger partial charge in [0.1, 0.15) is 0 Å². The molecule has 0 saturated carbocycles. The average molecular weight is 265 g/mol. The molecule has 2 aromatic rings. The second-order valence-corrected chi connectivity index (χ2v) is 3.94. The molecule has 18 heavy (non-hydrogen) atoms. The van der Waals surface area contributed by atoms with Gasteiger partial charge >= 0.3 is 0 Å². The minimum absolute atomic E-state index is 0.166. The highest BCUT2D eigenvalue weighted by Crippen LogP contribution is 2.30. The van der Waals surface area contributed by atoms with Crippen LogP contribution in [0.2, 0.25) is 5.28 Å². The molecule has 0 aliphatic heterocycles. The molecule has 5 heteroatoms. The lowest BCUT2D eigenvalue weighted by Gasteiger charge is -2.10. The van der Waals surface area contributed by atoms with Crippen LogP contribution in [0.25, 0.3) is 0 Å². The predicted octanol–water partition coefficient (Wildman–Crippen LogP) is 3.63. The van der Waals surface area contributed by atoms with Crippen LogP contribution in [0, 0.1) is 6.92 Å². The van der Waals surface area contributed by atoms with Crippen LogP contribution in [0.3, 0.4) is 0 Å². The summed E-state index contributed by atoms with van der Waals surface area (Å²) in [6.07, 6.45) is 0. The number of nitrogens with zero attached hydrogens (tertiary/aromatic N) is 2. The Hall–Kier alpha value is -1.81. The molecule has 0 radical (unpaired) electrons. The van der Waals surface area contributed by atoms with Crippen molar-refractivity contribution in [2.45, 2.75) is 13.8 Å². The fourth-order valence-corrected chi connectivity index (χ4v) is 1.70.